The average Bonchev–Trinajstić information content (AvgIpc) is 2.16. The fourth-order valence-corrected chi connectivity index (χ4v) is 1.61. The van der Waals surface area contributed by atoms with Gasteiger partial charge in [-0.3, -0.25) is 0 Å². The van der Waals surface area contributed by atoms with Crippen LogP contribution in [-0.2, 0) is 9.53 Å². The largest absolute Gasteiger partial charge is 0.374 e. The lowest BCUT2D eigenvalue weighted by Gasteiger charge is -2.24. The average molecular weight is 171 g/mol. The van der Waals surface area contributed by atoms with Crippen molar-refractivity contribution < 1.29 is 9.53 Å². The highest BCUT2D eigenvalue weighted by molar-refractivity contribution is 5.55. The molecule has 0 saturated carbocycles. The van der Waals surface area contributed by atoms with E-state index >= 15 is 0 Å². The van der Waals surface area contributed by atoms with Crippen molar-refractivity contribution in [3.8, 4) is 0 Å². The molecule has 1 N–H and O–H groups in total. The number of piperidine rings is 1. The van der Waals surface area contributed by atoms with E-state index in [-0.39, 0.29) is 6.10 Å². The van der Waals surface area contributed by atoms with E-state index < -0.39 is 0 Å². The van der Waals surface area contributed by atoms with Crippen LogP contribution in [0, 0.1) is 0 Å². The summed E-state index contributed by atoms with van der Waals surface area (Å²) >= 11 is 0. The zero-order valence-electron chi connectivity index (χ0n) is 7.58. The molecule has 3 nitrogen and oxygen atoms in total. The third kappa shape index (κ3) is 2.91. The first-order valence-corrected chi connectivity index (χ1v) is 4.58. The molecule has 0 aromatic heterocycles. The van der Waals surface area contributed by atoms with Crippen LogP contribution in [0.3, 0.4) is 0 Å². The molecule has 1 fully saturated rings. The van der Waals surface area contributed by atoms with Crippen molar-refractivity contribution in [3.05, 3.63) is 0 Å². The third-order valence-corrected chi connectivity index (χ3v) is 2.38. The highest BCUT2D eigenvalue weighted by Crippen LogP contribution is 2.12. The number of aldehydes is 1. The fourth-order valence-electron chi connectivity index (χ4n) is 1.61. The number of hydrogen-bond acceptors (Lipinski definition) is 3. The van der Waals surface area contributed by atoms with Crippen molar-refractivity contribution in [2.75, 3.05) is 13.7 Å². The Bertz CT molecular complexity index is 132. The lowest BCUT2D eigenvalue weighted by atomic mass is 10.00. The Morgan fingerprint density at radius 2 is 2.50 bits per heavy atom. The van der Waals surface area contributed by atoms with Crippen LogP contribution in [-0.4, -0.2) is 32.1 Å². The first-order chi connectivity index (χ1) is 5.86. The summed E-state index contributed by atoms with van der Waals surface area (Å²) in [7, 11) is 1.59. The number of carbonyl (C=O) groups is 1. The summed E-state index contributed by atoms with van der Waals surface area (Å²) in [6, 6.07) is 0.480. The van der Waals surface area contributed by atoms with Crippen molar-refractivity contribution in [2.45, 2.75) is 37.8 Å². The lowest BCUT2D eigenvalue weighted by molar-refractivity contribution is -0.117. The SMILES string of the molecule is COC(C=O)CC1CCCCN1. The van der Waals surface area contributed by atoms with E-state index in [0.717, 1.165) is 19.3 Å². The second-order valence-electron chi connectivity index (χ2n) is 3.29. The van der Waals surface area contributed by atoms with Gasteiger partial charge in [-0.15, -0.1) is 0 Å². The summed E-state index contributed by atoms with van der Waals surface area (Å²) in [5, 5.41) is 3.38. The Kier molecular flexibility index (Phi) is 4.25. The van der Waals surface area contributed by atoms with Crippen LogP contribution in [0.2, 0.25) is 0 Å². The van der Waals surface area contributed by atoms with E-state index in [2.05, 4.69) is 5.32 Å². The standard InChI is InChI=1S/C9H17NO2/c1-12-9(7-11)6-8-4-2-3-5-10-8/h7-10H,2-6H2,1H3. The van der Waals surface area contributed by atoms with Gasteiger partial charge in [0.2, 0.25) is 0 Å². The minimum absolute atomic E-state index is 0.222. The Morgan fingerprint density at radius 3 is 3.00 bits per heavy atom. The maximum Gasteiger partial charge on any atom is 0.148 e. The van der Waals surface area contributed by atoms with Crippen molar-refractivity contribution in [1.82, 2.24) is 5.32 Å². The van der Waals surface area contributed by atoms with Gasteiger partial charge in [0.05, 0.1) is 0 Å². The molecule has 2 unspecified atom stereocenters. The van der Waals surface area contributed by atoms with Crippen LogP contribution in [0.25, 0.3) is 0 Å². The van der Waals surface area contributed by atoms with Gasteiger partial charge in [-0.25, -0.2) is 0 Å². The number of hydrogen-bond donors (Lipinski definition) is 1. The number of ether oxygens (including phenoxy) is 1. The smallest absolute Gasteiger partial charge is 0.148 e. The zero-order valence-corrected chi connectivity index (χ0v) is 7.58. The van der Waals surface area contributed by atoms with Crippen molar-refractivity contribution in [2.24, 2.45) is 0 Å². The Balaban J connectivity index is 2.22. The molecule has 1 rings (SSSR count). The normalized spacial score (nSPS) is 26.6. The van der Waals surface area contributed by atoms with E-state index in [4.69, 9.17) is 4.74 Å². The Labute approximate surface area is 73.5 Å². The molecular formula is C9H17NO2. The summed E-state index contributed by atoms with van der Waals surface area (Å²) < 4.78 is 4.99. The maximum absolute atomic E-state index is 10.5. The van der Waals surface area contributed by atoms with Crippen LogP contribution in [0.15, 0.2) is 0 Å². The van der Waals surface area contributed by atoms with E-state index in [1.807, 2.05) is 0 Å². The molecule has 3 heteroatoms. The van der Waals surface area contributed by atoms with Gasteiger partial charge in [0.1, 0.15) is 12.4 Å². The molecule has 1 heterocycles. The quantitative estimate of drug-likeness (QED) is 0.634. The summed E-state index contributed by atoms with van der Waals surface area (Å²) in [5.74, 6) is 0. The number of nitrogens with one attached hydrogen (secondary N) is 1. The summed E-state index contributed by atoms with van der Waals surface area (Å²) in [5.41, 5.74) is 0. The van der Waals surface area contributed by atoms with Crippen molar-refractivity contribution in [1.29, 1.82) is 0 Å². The molecule has 1 saturated heterocycles. The van der Waals surface area contributed by atoms with Gasteiger partial charge in [-0.1, -0.05) is 6.42 Å². The van der Waals surface area contributed by atoms with Gasteiger partial charge in [0.15, 0.2) is 0 Å². The molecule has 0 spiro atoms. The second kappa shape index (κ2) is 5.27. The van der Waals surface area contributed by atoms with Gasteiger partial charge >= 0.3 is 0 Å². The van der Waals surface area contributed by atoms with Gasteiger partial charge in [-0.05, 0) is 25.8 Å². The van der Waals surface area contributed by atoms with Gasteiger partial charge < -0.3 is 14.8 Å². The number of rotatable bonds is 4. The van der Waals surface area contributed by atoms with Crippen molar-refractivity contribution in [3.63, 3.8) is 0 Å². The molecule has 0 bridgehead atoms. The van der Waals surface area contributed by atoms with Crippen LogP contribution in [0.5, 0.6) is 0 Å². The van der Waals surface area contributed by atoms with E-state index in [1.54, 1.807) is 7.11 Å². The molecule has 70 valence electrons. The lowest BCUT2D eigenvalue weighted by Crippen LogP contribution is -2.37. The van der Waals surface area contributed by atoms with E-state index in [1.165, 1.54) is 19.3 Å². The van der Waals surface area contributed by atoms with Gasteiger partial charge in [0.25, 0.3) is 0 Å². The van der Waals surface area contributed by atoms with Crippen molar-refractivity contribution >= 4 is 6.29 Å². The van der Waals surface area contributed by atoms with Gasteiger partial charge in [0, 0.05) is 13.2 Å². The molecular weight excluding hydrogens is 154 g/mol. The minimum atomic E-state index is -0.222. The van der Waals surface area contributed by atoms with E-state index in [9.17, 15) is 4.79 Å². The number of methoxy groups -OCH3 is 1. The highest BCUT2D eigenvalue weighted by Gasteiger charge is 2.17. The molecule has 12 heavy (non-hydrogen) atoms. The predicted molar refractivity (Wildman–Crippen MR) is 47.1 cm³/mol. The molecule has 0 amide bonds. The Morgan fingerprint density at radius 1 is 1.67 bits per heavy atom. The third-order valence-electron chi connectivity index (χ3n) is 2.38. The highest BCUT2D eigenvalue weighted by atomic mass is 16.5. The molecule has 0 radical (unpaired) electrons. The zero-order chi connectivity index (χ0) is 8.81. The summed E-state index contributed by atoms with van der Waals surface area (Å²) in [6.07, 6.45) is 5.19. The van der Waals surface area contributed by atoms with Crippen LogP contribution in [0.1, 0.15) is 25.7 Å². The van der Waals surface area contributed by atoms with E-state index in [0.29, 0.717) is 6.04 Å². The molecule has 1 aliphatic heterocycles. The summed E-state index contributed by atoms with van der Waals surface area (Å²) in [4.78, 5) is 10.5. The number of carbonyl (C=O) groups excluding carboxylic acids is 1. The fraction of sp³-hybridized carbons (Fsp3) is 0.889. The molecule has 2 atom stereocenters. The monoisotopic (exact) mass is 171 g/mol. The molecule has 0 aromatic rings. The molecule has 1 aliphatic rings. The predicted octanol–water partition coefficient (Wildman–Crippen LogP) is 0.732. The van der Waals surface area contributed by atoms with Crippen LogP contribution < -0.4 is 5.32 Å². The van der Waals surface area contributed by atoms with Crippen LogP contribution >= 0.6 is 0 Å². The van der Waals surface area contributed by atoms with Crippen LogP contribution in [0.4, 0.5) is 0 Å². The Hall–Kier alpha value is -0.410. The minimum Gasteiger partial charge on any atom is -0.374 e. The first-order valence-electron chi connectivity index (χ1n) is 4.58. The first kappa shape index (κ1) is 9.68. The molecule has 0 aromatic carbocycles. The molecule has 0 aliphatic carbocycles. The maximum atomic E-state index is 10.5. The second-order valence-corrected chi connectivity index (χ2v) is 3.29. The van der Waals surface area contributed by atoms with Gasteiger partial charge in [-0.2, -0.15) is 0 Å². The summed E-state index contributed by atoms with van der Waals surface area (Å²) in [6.45, 7) is 1.08. The topological polar surface area (TPSA) is 38.3 Å².